The predicted molar refractivity (Wildman–Crippen MR) is 130 cm³/mol. The number of carbonyl (C=O) groups excluding carboxylic acids is 1. The van der Waals surface area contributed by atoms with Crippen LogP contribution in [-0.2, 0) is 11.2 Å². The van der Waals surface area contributed by atoms with Crippen LogP contribution in [0.1, 0.15) is 59.9 Å². The highest BCUT2D eigenvalue weighted by molar-refractivity contribution is 14.0. The number of halogens is 1. The molecule has 166 valence electrons. The van der Waals surface area contributed by atoms with Gasteiger partial charge in [0.25, 0.3) is 0 Å². The number of nitrogens with one attached hydrogen (secondary N) is 3. The van der Waals surface area contributed by atoms with Crippen molar-refractivity contribution >= 4 is 36.0 Å². The summed E-state index contributed by atoms with van der Waals surface area (Å²) in [7, 11) is 0. The van der Waals surface area contributed by atoms with Crippen molar-refractivity contribution in [2.45, 2.75) is 71.9 Å². The lowest BCUT2D eigenvalue weighted by Gasteiger charge is -2.32. The predicted octanol–water partition coefficient (Wildman–Crippen LogP) is 3.88. The Morgan fingerprint density at radius 3 is 2.38 bits per heavy atom. The minimum Gasteiger partial charge on any atom is -0.444 e. The highest BCUT2D eigenvalue weighted by Crippen LogP contribution is 2.17. The van der Waals surface area contributed by atoms with E-state index in [1.165, 1.54) is 5.56 Å². The molecule has 0 radical (unpaired) electrons. The molecule has 0 spiro atoms. The lowest BCUT2D eigenvalue weighted by atomic mass is 9.93. The first-order valence-electron chi connectivity index (χ1n) is 10.2. The van der Waals surface area contributed by atoms with Gasteiger partial charge in [0.2, 0.25) is 0 Å². The van der Waals surface area contributed by atoms with Crippen LogP contribution in [0.5, 0.6) is 0 Å². The largest absolute Gasteiger partial charge is 0.444 e. The van der Waals surface area contributed by atoms with Gasteiger partial charge in [-0.05, 0) is 58.6 Å². The quantitative estimate of drug-likeness (QED) is 0.262. The lowest BCUT2D eigenvalue weighted by Crippen LogP contribution is -2.52. The minimum atomic E-state index is -0.524. The van der Waals surface area contributed by atoms with Gasteiger partial charge in [-0.3, -0.25) is 9.98 Å². The number of carbonyl (C=O) groups is 1. The zero-order chi connectivity index (χ0) is 21.0. The standard InChI is InChI=1S/C21H37N5O2.HI/c1-7-21(8-2,26-19(27)28-20(4,5)6)16-25-18(23-9-3)24-14-12-17-11-10-13-22-15-17;/h10-11,13,15H,7-9,12,14,16H2,1-6H3,(H,26,27)(H2,23,24,25);1H. The van der Waals surface area contributed by atoms with Gasteiger partial charge in [0, 0.05) is 25.5 Å². The maximum absolute atomic E-state index is 12.3. The van der Waals surface area contributed by atoms with Crippen molar-refractivity contribution in [3.8, 4) is 0 Å². The van der Waals surface area contributed by atoms with E-state index >= 15 is 0 Å². The summed E-state index contributed by atoms with van der Waals surface area (Å²) in [6, 6.07) is 4.00. The van der Waals surface area contributed by atoms with Gasteiger partial charge in [0.1, 0.15) is 5.60 Å². The molecule has 1 aromatic heterocycles. The van der Waals surface area contributed by atoms with E-state index in [-0.39, 0.29) is 24.0 Å². The fourth-order valence-electron chi connectivity index (χ4n) is 2.65. The highest BCUT2D eigenvalue weighted by atomic mass is 127. The van der Waals surface area contributed by atoms with Gasteiger partial charge in [-0.15, -0.1) is 24.0 Å². The zero-order valence-electron chi connectivity index (χ0n) is 18.7. The summed E-state index contributed by atoms with van der Waals surface area (Å²) in [6.07, 6.45) is 5.63. The number of hydrogen-bond donors (Lipinski definition) is 3. The van der Waals surface area contributed by atoms with Crippen LogP contribution >= 0.6 is 24.0 Å². The molecule has 3 N–H and O–H groups in total. The van der Waals surface area contributed by atoms with E-state index in [1.807, 2.05) is 40.0 Å². The van der Waals surface area contributed by atoms with Gasteiger partial charge >= 0.3 is 6.09 Å². The summed E-state index contributed by atoms with van der Waals surface area (Å²) >= 11 is 0. The van der Waals surface area contributed by atoms with Gasteiger partial charge in [-0.2, -0.15) is 0 Å². The molecule has 1 amide bonds. The summed E-state index contributed by atoms with van der Waals surface area (Å²) in [5.74, 6) is 0.739. The lowest BCUT2D eigenvalue weighted by molar-refractivity contribution is 0.0452. The normalized spacial score (nSPS) is 12.0. The summed E-state index contributed by atoms with van der Waals surface area (Å²) < 4.78 is 5.43. The summed E-state index contributed by atoms with van der Waals surface area (Å²) in [5, 5.41) is 9.64. The molecular formula is C21H38IN5O2. The van der Waals surface area contributed by atoms with E-state index in [0.29, 0.717) is 6.54 Å². The molecule has 0 saturated carbocycles. The van der Waals surface area contributed by atoms with E-state index in [2.05, 4.69) is 40.8 Å². The molecule has 0 saturated heterocycles. The number of ether oxygens (including phenoxy) is 1. The van der Waals surface area contributed by atoms with Gasteiger partial charge in [0.15, 0.2) is 5.96 Å². The fraction of sp³-hybridized carbons (Fsp3) is 0.667. The molecular weight excluding hydrogens is 481 g/mol. The van der Waals surface area contributed by atoms with Crippen LogP contribution in [0.25, 0.3) is 0 Å². The van der Waals surface area contributed by atoms with E-state index in [4.69, 9.17) is 9.73 Å². The Hall–Kier alpha value is -1.58. The second kappa shape index (κ2) is 13.6. The second-order valence-corrected chi connectivity index (χ2v) is 7.85. The van der Waals surface area contributed by atoms with Crippen molar-refractivity contribution in [3.63, 3.8) is 0 Å². The van der Waals surface area contributed by atoms with Crippen molar-refractivity contribution in [1.29, 1.82) is 0 Å². The number of aliphatic imine (C=N–C) groups is 1. The third kappa shape index (κ3) is 11.3. The Balaban J connectivity index is 0.00000784. The number of alkyl carbamates (subject to hydrolysis) is 1. The van der Waals surface area contributed by atoms with Crippen molar-refractivity contribution in [2.75, 3.05) is 19.6 Å². The molecule has 0 aliphatic heterocycles. The molecule has 8 heteroatoms. The monoisotopic (exact) mass is 519 g/mol. The Morgan fingerprint density at radius 1 is 1.17 bits per heavy atom. The Kier molecular flexibility index (Phi) is 12.9. The average molecular weight is 519 g/mol. The Morgan fingerprint density at radius 2 is 1.86 bits per heavy atom. The molecule has 0 atom stereocenters. The molecule has 1 rings (SSSR count). The molecule has 0 aliphatic rings. The van der Waals surface area contributed by atoms with Gasteiger partial charge in [0.05, 0.1) is 12.1 Å². The van der Waals surface area contributed by atoms with Crippen molar-refractivity contribution in [2.24, 2.45) is 4.99 Å². The number of nitrogens with zero attached hydrogens (tertiary/aromatic N) is 2. The van der Waals surface area contributed by atoms with Crippen molar-refractivity contribution in [1.82, 2.24) is 20.9 Å². The smallest absolute Gasteiger partial charge is 0.408 e. The van der Waals surface area contributed by atoms with Crippen LogP contribution in [0, 0.1) is 0 Å². The van der Waals surface area contributed by atoms with Crippen LogP contribution in [0.15, 0.2) is 29.5 Å². The third-order valence-corrected chi connectivity index (χ3v) is 4.43. The average Bonchev–Trinajstić information content (AvgIpc) is 2.64. The summed E-state index contributed by atoms with van der Waals surface area (Å²) in [6.45, 7) is 13.7. The summed E-state index contributed by atoms with van der Waals surface area (Å²) in [4.78, 5) is 21.1. The van der Waals surface area contributed by atoms with Crippen LogP contribution in [0.3, 0.4) is 0 Å². The molecule has 0 fully saturated rings. The van der Waals surface area contributed by atoms with E-state index in [0.717, 1.165) is 38.3 Å². The topological polar surface area (TPSA) is 87.6 Å². The molecule has 0 aromatic carbocycles. The Labute approximate surface area is 192 Å². The number of rotatable bonds is 9. The maximum Gasteiger partial charge on any atom is 0.408 e. The number of amides is 1. The first kappa shape index (κ1) is 27.4. The van der Waals surface area contributed by atoms with Gasteiger partial charge in [-0.1, -0.05) is 19.9 Å². The van der Waals surface area contributed by atoms with Crippen LogP contribution in [0.4, 0.5) is 4.79 Å². The van der Waals surface area contributed by atoms with E-state index < -0.39 is 17.2 Å². The van der Waals surface area contributed by atoms with Crippen molar-refractivity contribution in [3.05, 3.63) is 30.1 Å². The minimum absolute atomic E-state index is 0. The number of guanidine groups is 1. The van der Waals surface area contributed by atoms with E-state index in [1.54, 1.807) is 6.20 Å². The highest BCUT2D eigenvalue weighted by Gasteiger charge is 2.30. The number of aromatic nitrogens is 1. The molecule has 0 unspecified atom stereocenters. The maximum atomic E-state index is 12.3. The summed E-state index contributed by atoms with van der Waals surface area (Å²) in [5.41, 5.74) is 0.214. The third-order valence-electron chi connectivity index (χ3n) is 4.43. The first-order chi connectivity index (χ1) is 13.2. The SMILES string of the molecule is CCNC(=NCC(CC)(CC)NC(=O)OC(C)(C)C)NCCc1cccnc1.I. The molecule has 0 aliphatic carbocycles. The van der Waals surface area contributed by atoms with Crippen molar-refractivity contribution < 1.29 is 9.53 Å². The molecule has 29 heavy (non-hydrogen) atoms. The van der Waals surface area contributed by atoms with Crippen LogP contribution in [-0.4, -0.2) is 47.8 Å². The van der Waals surface area contributed by atoms with Gasteiger partial charge < -0.3 is 20.7 Å². The molecule has 1 aromatic rings. The second-order valence-electron chi connectivity index (χ2n) is 7.85. The first-order valence-corrected chi connectivity index (χ1v) is 10.2. The number of hydrogen-bond acceptors (Lipinski definition) is 4. The van der Waals surface area contributed by atoms with Gasteiger partial charge in [-0.25, -0.2) is 4.79 Å². The number of pyridine rings is 1. The van der Waals surface area contributed by atoms with E-state index in [9.17, 15) is 4.79 Å². The zero-order valence-corrected chi connectivity index (χ0v) is 21.0. The molecule has 7 nitrogen and oxygen atoms in total. The molecule has 1 heterocycles. The molecule has 0 bridgehead atoms. The fourth-order valence-corrected chi connectivity index (χ4v) is 2.65. The van der Waals surface area contributed by atoms with Crippen LogP contribution < -0.4 is 16.0 Å². The Bertz CT molecular complexity index is 613. The van der Waals surface area contributed by atoms with Crippen LogP contribution in [0.2, 0.25) is 0 Å².